The third-order valence-corrected chi connectivity index (χ3v) is 5.69. The third-order valence-electron chi connectivity index (χ3n) is 5.69. The fraction of sp³-hybridized carbons (Fsp3) is 0.348. The lowest BCUT2D eigenvalue weighted by Crippen LogP contribution is -2.31. The number of methoxy groups -OCH3 is 1. The van der Waals surface area contributed by atoms with Gasteiger partial charge in [-0.25, -0.2) is 0 Å². The first-order chi connectivity index (χ1) is 13.6. The smallest absolute Gasteiger partial charge is 0.256 e. The van der Waals surface area contributed by atoms with Gasteiger partial charge in [0.25, 0.3) is 5.91 Å². The summed E-state index contributed by atoms with van der Waals surface area (Å²) in [4.78, 5) is 15.4. The SMILES string of the molecule is COc1cccc([C@H]2CCCN2C(=O)c2cc(C)n(Cc3ccco3)c2C)c1. The van der Waals surface area contributed by atoms with E-state index in [0.717, 1.165) is 53.4 Å². The molecule has 1 fully saturated rings. The van der Waals surface area contributed by atoms with Gasteiger partial charge in [0.05, 0.1) is 31.5 Å². The van der Waals surface area contributed by atoms with Gasteiger partial charge in [0.2, 0.25) is 0 Å². The van der Waals surface area contributed by atoms with Crippen LogP contribution in [0.4, 0.5) is 0 Å². The van der Waals surface area contributed by atoms with Crippen LogP contribution >= 0.6 is 0 Å². The Labute approximate surface area is 165 Å². The van der Waals surface area contributed by atoms with Crippen LogP contribution in [-0.2, 0) is 6.54 Å². The van der Waals surface area contributed by atoms with E-state index in [1.165, 1.54) is 0 Å². The van der Waals surface area contributed by atoms with Crippen LogP contribution in [0.1, 0.15) is 52.0 Å². The van der Waals surface area contributed by atoms with E-state index in [1.807, 2.05) is 55.1 Å². The van der Waals surface area contributed by atoms with Gasteiger partial charge in [0, 0.05) is 17.9 Å². The van der Waals surface area contributed by atoms with Crippen LogP contribution in [-0.4, -0.2) is 29.0 Å². The number of rotatable bonds is 5. The second-order valence-corrected chi connectivity index (χ2v) is 7.38. The van der Waals surface area contributed by atoms with Crippen molar-refractivity contribution in [1.29, 1.82) is 0 Å². The quantitative estimate of drug-likeness (QED) is 0.645. The Bertz CT molecular complexity index is 972. The lowest BCUT2D eigenvalue weighted by molar-refractivity contribution is 0.0734. The van der Waals surface area contributed by atoms with Crippen molar-refractivity contribution in [2.24, 2.45) is 0 Å². The Balaban J connectivity index is 1.61. The summed E-state index contributed by atoms with van der Waals surface area (Å²) in [5.74, 6) is 1.81. The molecule has 0 spiro atoms. The summed E-state index contributed by atoms with van der Waals surface area (Å²) in [6.45, 7) is 5.47. The van der Waals surface area contributed by atoms with Gasteiger partial charge in [0.1, 0.15) is 11.5 Å². The number of aryl methyl sites for hydroxylation is 1. The Morgan fingerprint density at radius 2 is 2.07 bits per heavy atom. The van der Waals surface area contributed by atoms with Crippen LogP contribution in [0.3, 0.4) is 0 Å². The zero-order chi connectivity index (χ0) is 19.7. The number of likely N-dealkylation sites (tertiary alicyclic amines) is 1. The highest BCUT2D eigenvalue weighted by molar-refractivity contribution is 5.96. The van der Waals surface area contributed by atoms with Gasteiger partial charge in [-0.05, 0) is 62.6 Å². The molecule has 5 nitrogen and oxygen atoms in total. The van der Waals surface area contributed by atoms with E-state index in [1.54, 1.807) is 13.4 Å². The van der Waals surface area contributed by atoms with Crippen LogP contribution in [0.5, 0.6) is 5.75 Å². The molecule has 4 rings (SSSR count). The highest BCUT2D eigenvalue weighted by Crippen LogP contribution is 2.35. The molecular formula is C23H26N2O3. The predicted octanol–water partition coefficient (Wildman–Crippen LogP) is 4.73. The van der Waals surface area contributed by atoms with Crippen LogP contribution < -0.4 is 4.74 Å². The first-order valence-corrected chi connectivity index (χ1v) is 9.72. The monoisotopic (exact) mass is 378 g/mol. The van der Waals surface area contributed by atoms with Crippen molar-refractivity contribution < 1.29 is 13.9 Å². The average Bonchev–Trinajstić information content (AvgIpc) is 3.45. The molecule has 28 heavy (non-hydrogen) atoms. The van der Waals surface area contributed by atoms with Crippen molar-refractivity contribution >= 4 is 5.91 Å². The molecule has 146 valence electrons. The molecule has 0 unspecified atom stereocenters. The summed E-state index contributed by atoms with van der Waals surface area (Å²) >= 11 is 0. The summed E-state index contributed by atoms with van der Waals surface area (Å²) in [7, 11) is 1.67. The van der Waals surface area contributed by atoms with E-state index in [-0.39, 0.29) is 11.9 Å². The topological polar surface area (TPSA) is 47.6 Å². The van der Waals surface area contributed by atoms with Crippen molar-refractivity contribution in [3.8, 4) is 5.75 Å². The van der Waals surface area contributed by atoms with E-state index < -0.39 is 0 Å². The van der Waals surface area contributed by atoms with E-state index >= 15 is 0 Å². The lowest BCUT2D eigenvalue weighted by atomic mass is 10.0. The maximum Gasteiger partial charge on any atom is 0.256 e. The average molecular weight is 378 g/mol. The summed E-state index contributed by atoms with van der Waals surface area (Å²) in [6, 6.07) is 14.0. The lowest BCUT2D eigenvalue weighted by Gasteiger charge is -2.25. The zero-order valence-electron chi connectivity index (χ0n) is 16.6. The first-order valence-electron chi connectivity index (χ1n) is 9.72. The zero-order valence-corrected chi connectivity index (χ0v) is 16.6. The molecule has 0 bridgehead atoms. The number of amides is 1. The molecule has 1 atom stereocenters. The molecule has 1 aromatic carbocycles. The van der Waals surface area contributed by atoms with Gasteiger partial charge in [-0.15, -0.1) is 0 Å². The van der Waals surface area contributed by atoms with Gasteiger partial charge in [-0.3, -0.25) is 4.79 Å². The minimum absolute atomic E-state index is 0.0933. The molecule has 0 radical (unpaired) electrons. The number of hydrogen-bond donors (Lipinski definition) is 0. The van der Waals surface area contributed by atoms with Gasteiger partial charge in [0.15, 0.2) is 0 Å². The van der Waals surface area contributed by atoms with Crippen molar-refractivity contribution in [2.75, 3.05) is 13.7 Å². The van der Waals surface area contributed by atoms with Crippen molar-refractivity contribution in [1.82, 2.24) is 9.47 Å². The number of nitrogens with zero attached hydrogens (tertiary/aromatic N) is 2. The van der Waals surface area contributed by atoms with Crippen LogP contribution in [0, 0.1) is 13.8 Å². The van der Waals surface area contributed by atoms with E-state index in [4.69, 9.17) is 9.15 Å². The third kappa shape index (κ3) is 3.33. The highest BCUT2D eigenvalue weighted by atomic mass is 16.5. The van der Waals surface area contributed by atoms with Crippen molar-refractivity contribution in [2.45, 2.75) is 39.3 Å². The fourth-order valence-corrected chi connectivity index (χ4v) is 4.18. The van der Waals surface area contributed by atoms with E-state index in [9.17, 15) is 4.79 Å². The van der Waals surface area contributed by atoms with Crippen molar-refractivity contribution in [3.63, 3.8) is 0 Å². The fourth-order valence-electron chi connectivity index (χ4n) is 4.18. The molecule has 5 heteroatoms. The number of furan rings is 1. The van der Waals surface area contributed by atoms with Crippen LogP contribution in [0.2, 0.25) is 0 Å². The largest absolute Gasteiger partial charge is 0.497 e. The van der Waals surface area contributed by atoms with Crippen LogP contribution in [0.25, 0.3) is 0 Å². The van der Waals surface area contributed by atoms with Gasteiger partial charge in [-0.1, -0.05) is 12.1 Å². The number of hydrogen-bond acceptors (Lipinski definition) is 3. The molecule has 1 aliphatic rings. The predicted molar refractivity (Wildman–Crippen MR) is 108 cm³/mol. The molecule has 2 aromatic heterocycles. The van der Waals surface area contributed by atoms with E-state index in [0.29, 0.717) is 6.54 Å². The number of benzene rings is 1. The second-order valence-electron chi connectivity index (χ2n) is 7.38. The number of ether oxygens (including phenoxy) is 1. The van der Waals surface area contributed by atoms with Crippen molar-refractivity contribution in [3.05, 3.63) is 77.0 Å². The van der Waals surface area contributed by atoms with Gasteiger partial charge in [-0.2, -0.15) is 0 Å². The van der Waals surface area contributed by atoms with Crippen LogP contribution in [0.15, 0.2) is 53.1 Å². The number of carbonyl (C=O) groups is 1. The van der Waals surface area contributed by atoms with Gasteiger partial charge < -0.3 is 18.6 Å². The molecule has 1 amide bonds. The summed E-state index contributed by atoms with van der Waals surface area (Å²) < 4.78 is 13.0. The molecule has 1 saturated heterocycles. The molecule has 3 heterocycles. The summed E-state index contributed by atoms with van der Waals surface area (Å²) in [5, 5.41) is 0. The highest BCUT2D eigenvalue weighted by Gasteiger charge is 2.32. The minimum Gasteiger partial charge on any atom is -0.497 e. The molecular weight excluding hydrogens is 352 g/mol. The normalized spacial score (nSPS) is 16.5. The molecule has 0 N–H and O–H groups in total. The minimum atomic E-state index is 0.0933. The molecule has 0 saturated carbocycles. The van der Waals surface area contributed by atoms with E-state index in [2.05, 4.69) is 10.6 Å². The Kier molecular flexibility index (Phi) is 4.99. The second kappa shape index (κ2) is 7.58. The molecule has 0 aliphatic carbocycles. The molecule has 1 aliphatic heterocycles. The van der Waals surface area contributed by atoms with Gasteiger partial charge >= 0.3 is 0 Å². The summed E-state index contributed by atoms with van der Waals surface area (Å²) in [6.07, 6.45) is 3.67. The Morgan fingerprint density at radius 3 is 2.82 bits per heavy atom. The standard InChI is InChI=1S/C23H26N2O3/c1-16-13-21(17(2)25(16)15-20-9-6-12-28-20)23(26)24-11-5-10-22(24)18-7-4-8-19(14-18)27-3/h4,6-9,12-14,22H,5,10-11,15H2,1-3H3/t22-/m1/s1. The maximum atomic E-state index is 13.4. The first kappa shape index (κ1) is 18.4. The number of carbonyl (C=O) groups excluding carboxylic acids is 1. The summed E-state index contributed by atoms with van der Waals surface area (Å²) in [5.41, 5.74) is 3.96. The maximum absolute atomic E-state index is 13.4. The Morgan fingerprint density at radius 1 is 1.21 bits per heavy atom. The molecule has 3 aromatic rings. The Hall–Kier alpha value is -2.95. The number of aromatic nitrogens is 1.